The molecule has 158 valence electrons. The van der Waals surface area contributed by atoms with Gasteiger partial charge in [-0.2, -0.15) is 4.98 Å². The average Bonchev–Trinajstić information content (AvgIpc) is 3.54. The van der Waals surface area contributed by atoms with Gasteiger partial charge in [-0.1, -0.05) is 29.4 Å². The van der Waals surface area contributed by atoms with E-state index in [9.17, 15) is 14.4 Å². The number of carbonyl (C=O) groups excluding carboxylic acids is 3. The number of fused-ring (bicyclic) bond motifs is 1. The molecule has 8 nitrogen and oxygen atoms in total. The Morgan fingerprint density at radius 2 is 1.78 bits per heavy atom. The molecule has 0 aliphatic carbocycles. The van der Waals surface area contributed by atoms with Gasteiger partial charge < -0.3 is 9.84 Å². The van der Waals surface area contributed by atoms with E-state index in [1.165, 1.54) is 11.3 Å². The number of nitrogens with zero attached hydrogens (tertiary/aromatic N) is 3. The Morgan fingerprint density at radius 1 is 1.00 bits per heavy atom. The van der Waals surface area contributed by atoms with E-state index >= 15 is 0 Å². The standard InChI is InChI=1S/C23H16N4O4S/c28-19(10-11-20-25-21(26-31-20)18-9-4-12-32-18)24-14-5-3-6-15(13-14)27-22(29)16-7-1-2-8-17(16)23(27)30/h1-9,12-13H,10-11H2,(H,24,28). The number of carbonyl (C=O) groups is 3. The number of thiophene rings is 1. The molecule has 1 aliphatic rings. The third-order valence-corrected chi connectivity index (χ3v) is 5.82. The predicted molar refractivity (Wildman–Crippen MR) is 119 cm³/mol. The molecule has 1 N–H and O–H groups in total. The van der Waals surface area contributed by atoms with Crippen molar-refractivity contribution in [3.8, 4) is 10.7 Å². The first-order chi connectivity index (χ1) is 15.6. The lowest BCUT2D eigenvalue weighted by atomic mass is 10.1. The summed E-state index contributed by atoms with van der Waals surface area (Å²) in [7, 11) is 0. The molecule has 2 aromatic heterocycles. The number of aromatic nitrogens is 2. The Kier molecular flexibility index (Phi) is 5.08. The molecule has 0 atom stereocenters. The van der Waals surface area contributed by atoms with Gasteiger partial charge in [0.2, 0.25) is 17.6 Å². The summed E-state index contributed by atoms with van der Waals surface area (Å²) in [6.07, 6.45) is 0.436. The largest absolute Gasteiger partial charge is 0.339 e. The predicted octanol–water partition coefficient (Wildman–Crippen LogP) is 4.17. The summed E-state index contributed by atoms with van der Waals surface area (Å²) < 4.78 is 5.21. The summed E-state index contributed by atoms with van der Waals surface area (Å²) in [5.41, 5.74) is 1.61. The maximum Gasteiger partial charge on any atom is 0.266 e. The van der Waals surface area contributed by atoms with Crippen LogP contribution in [0.25, 0.3) is 10.7 Å². The number of anilines is 2. The van der Waals surface area contributed by atoms with Gasteiger partial charge in [-0.3, -0.25) is 14.4 Å². The van der Waals surface area contributed by atoms with Gasteiger partial charge in [-0.05, 0) is 41.8 Å². The van der Waals surface area contributed by atoms with Gasteiger partial charge >= 0.3 is 0 Å². The van der Waals surface area contributed by atoms with Crippen molar-refractivity contribution in [2.45, 2.75) is 12.8 Å². The molecule has 5 rings (SSSR count). The van der Waals surface area contributed by atoms with Gasteiger partial charge in [0.05, 0.1) is 21.7 Å². The molecule has 0 unspecified atom stereocenters. The minimum Gasteiger partial charge on any atom is -0.339 e. The fourth-order valence-corrected chi connectivity index (χ4v) is 4.10. The zero-order valence-electron chi connectivity index (χ0n) is 16.6. The first kappa shape index (κ1) is 19.8. The lowest BCUT2D eigenvalue weighted by Crippen LogP contribution is -2.29. The van der Waals surface area contributed by atoms with E-state index in [1.807, 2.05) is 17.5 Å². The zero-order valence-corrected chi connectivity index (χ0v) is 17.5. The minimum atomic E-state index is -0.382. The highest BCUT2D eigenvalue weighted by atomic mass is 32.1. The van der Waals surface area contributed by atoms with Crippen molar-refractivity contribution in [3.63, 3.8) is 0 Å². The number of rotatable bonds is 6. The van der Waals surface area contributed by atoms with E-state index in [0.29, 0.717) is 40.6 Å². The molecule has 32 heavy (non-hydrogen) atoms. The lowest BCUT2D eigenvalue weighted by molar-refractivity contribution is -0.116. The summed E-state index contributed by atoms with van der Waals surface area (Å²) in [6.45, 7) is 0. The maximum absolute atomic E-state index is 12.7. The number of aryl methyl sites for hydroxylation is 1. The minimum absolute atomic E-state index is 0.142. The van der Waals surface area contributed by atoms with Crippen LogP contribution in [-0.2, 0) is 11.2 Å². The highest BCUT2D eigenvalue weighted by molar-refractivity contribution is 7.13. The third-order valence-electron chi connectivity index (χ3n) is 4.96. The SMILES string of the molecule is O=C(CCc1nc(-c2cccs2)no1)Nc1cccc(N2C(=O)c3ccccc3C2=O)c1. The highest BCUT2D eigenvalue weighted by Crippen LogP contribution is 2.29. The lowest BCUT2D eigenvalue weighted by Gasteiger charge is -2.15. The van der Waals surface area contributed by atoms with Crippen LogP contribution in [-0.4, -0.2) is 27.9 Å². The summed E-state index contributed by atoms with van der Waals surface area (Å²) in [6, 6.07) is 17.1. The number of nitrogens with one attached hydrogen (secondary N) is 1. The Hall–Kier alpha value is -4.11. The molecule has 3 amide bonds. The number of hydrogen-bond acceptors (Lipinski definition) is 7. The van der Waals surface area contributed by atoms with Crippen molar-refractivity contribution < 1.29 is 18.9 Å². The Morgan fingerprint density at radius 3 is 2.50 bits per heavy atom. The van der Waals surface area contributed by atoms with Crippen molar-refractivity contribution in [2.24, 2.45) is 0 Å². The van der Waals surface area contributed by atoms with Gasteiger partial charge in [0.25, 0.3) is 11.8 Å². The van der Waals surface area contributed by atoms with Crippen LogP contribution in [0.3, 0.4) is 0 Å². The second-order valence-corrected chi connectivity index (χ2v) is 8.03. The fourth-order valence-electron chi connectivity index (χ4n) is 3.45. The monoisotopic (exact) mass is 444 g/mol. The maximum atomic E-state index is 12.7. The molecule has 2 aromatic carbocycles. The molecule has 3 heterocycles. The van der Waals surface area contributed by atoms with Gasteiger partial charge in [0, 0.05) is 18.5 Å². The number of imide groups is 1. The van der Waals surface area contributed by atoms with Gasteiger partial charge in [-0.15, -0.1) is 11.3 Å². The van der Waals surface area contributed by atoms with Crippen LogP contribution in [0.5, 0.6) is 0 Å². The Balaban J connectivity index is 1.24. The molecule has 0 spiro atoms. The smallest absolute Gasteiger partial charge is 0.266 e. The molecule has 0 fully saturated rings. The van der Waals surface area contributed by atoms with E-state index in [-0.39, 0.29) is 24.1 Å². The Labute approximate surface area is 186 Å². The van der Waals surface area contributed by atoms with Crippen LogP contribution in [0.2, 0.25) is 0 Å². The second kappa shape index (κ2) is 8.20. The van der Waals surface area contributed by atoms with Crippen LogP contribution in [0.1, 0.15) is 33.0 Å². The molecule has 0 saturated heterocycles. The Bertz CT molecular complexity index is 1290. The quantitative estimate of drug-likeness (QED) is 0.448. The first-order valence-corrected chi connectivity index (χ1v) is 10.7. The van der Waals surface area contributed by atoms with Crippen molar-refractivity contribution >= 4 is 40.4 Å². The normalized spacial score (nSPS) is 12.8. The second-order valence-electron chi connectivity index (χ2n) is 7.08. The summed E-state index contributed by atoms with van der Waals surface area (Å²) in [4.78, 5) is 44.1. The molecule has 9 heteroatoms. The molecule has 0 saturated carbocycles. The third kappa shape index (κ3) is 3.69. The van der Waals surface area contributed by atoms with Gasteiger partial charge in [0.15, 0.2) is 0 Å². The molecule has 0 radical (unpaired) electrons. The van der Waals surface area contributed by atoms with Crippen molar-refractivity contribution in [1.29, 1.82) is 0 Å². The summed E-state index contributed by atoms with van der Waals surface area (Å²) in [5, 5.41) is 8.64. The van der Waals surface area contributed by atoms with Crippen LogP contribution in [0.4, 0.5) is 11.4 Å². The van der Waals surface area contributed by atoms with E-state index in [2.05, 4.69) is 15.5 Å². The van der Waals surface area contributed by atoms with Crippen molar-refractivity contribution in [1.82, 2.24) is 10.1 Å². The number of amides is 3. The topological polar surface area (TPSA) is 105 Å². The number of benzene rings is 2. The van der Waals surface area contributed by atoms with Crippen LogP contribution >= 0.6 is 11.3 Å². The van der Waals surface area contributed by atoms with Crippen molar-refractivity contribution in [2.75, 3.05) is 10.2 Å². The average molecular weight is 444 g/mol. The van der Waals surface area contributed by atoms with E-state index in [1.54, 1.807) is 48.5 Å². The van der Waals surface area contributed by atoms with E-state index in [4.69, 9.17) is 4.52 Å². The highest BCUT2D eigenvalue weighted by Gasteiger charge is 2.36. The van der Waals surface area contributed by atoms with E-state index in [0.717, 1.165) is 9.78 Å². The van der Waals surface area contributed by atoms with Crippen LogP contribution in [0.15, 0.2) is 70.6 Å². The molecular weight excluding hydrogens is 428 g/mol. The molecule has 0 bridgehead atoms. The first-order valence-electron chi connectivity index (χ1n) is 9.84. The van der Waals surface area contributed by atoms with Crippen LogP contribution in [0, 0.1) is 0 Å². The van der Waals surface area contributed by atoms with E-state index < -0.39 is 0 Å². The molecule has 4 aromatic rings. The van der Waals surface area contributed by atoms with Gasteiger partial charge in [0.1, 0.15) is 0 Å². The fraction of sp³-hybridized carbons (Fsp3) is 0.0870. The summed E-state index contributed by atoms with van der Waals surface area (Å²) >= 11 is 1.51. The zero-order chi connectivity index (χ0) is 22.1. The summed E-state index contributed by atoms with van der Waals surface area (Å²) in [5.74, 6) is -0.133. The molecular formula is C23H16N4O4S. The number of hydrogen-bond donors (Lipinski definition) is 1. The van der Waals surface area contributed by atoms with Crippen LogP contribution < -0.4 is 10.2 Å². The van der Waals surface area contributed by atoms with Crippen molar-refractivity contribution in [3.05, 3.63) is 83.1 Å². The molecule has 1 aliphatic heterocycles. The van der Waals surface area contributed by atoms with Gasteiger partial charge in [-0.25, -0.2) is 4.90 Å².